The largest absolute Gasteiger partial charge is 0.509 e. The molecule has 7 heteroatoms. The summed E-state index contributed by atoms with van der Waals surface area (Å²) in [5, 5.41) is 4.24. The third-order valence-corrected chi connectivity index (χ3v) is 20.7. The van der Waals surface area contributed by atoms with Crippen molar-refractivity contribution in [3.63, 3.8) is 0 Å². The van der Waals surface area contributed by atoms with Crippen molar-refractivity contribution in [2.24, 2.45) is 0 Å². The van der Waals surface area contributed by atoms with Crippen LogP contribution in [0.4, 0.5) is 39.9 Å². The van der Waals surface area contributed by atoms with E-state index in [2.05, 4.69) is 108 Å². The van der Waals surface area contributed by atoms with Crippen LogP contribution in [0.2, 0.25) is 0 Å². The minimum absolute atomic E-state index is 0. The van der Waals surface area contributed by atoms with Crippen molar-refractivity contribution in [2.45, 2.75) is 59.2 Å². The fourth-order valence-corrected chi connectivity index (χ4v) is 17.4. The van der Waals surface area contributed by atoms with E-state index in [1.165, 1.54) is 12.3 Å². The van der Waals surface area contributed by atoms with Crippen LogP contribution in [0, 0.1) is 25.7 Å². The molecule has 0 radical (unpaired) electrons. The summed E-state index contributed by atoms with van der Waals surface area (Å²) in [6.07, 6.45) is 1.29. The molecule has 0 fully saturated rings. The van der Waals surface area contributed by atoms with Crippen LogP contribution in [-0.2, 0) is 31.9 Å². The Balaban J connectivity index is 0.00000818. The van der Waals surface area contributed by atoms with E-state index in [1.54, 1.807) is 0 Å². The molecule has 14 rings (SSSR count). The quantitative estimate of drug-likeness (QED) is 0.106. The first kappa shape index (κ1) is 39.8. The van der Waals surface area contributed by atoms with Crippen molar-refractivity contribution in [1.29, 1.82) is 0 Å². The minimum Gasteiger partial charge on any atom is -0.509 e. The molecule has 1 unspecified atom stereocenters. The van der Waals surface area contributed by atoms with Gasteiger partial charge in [0, 0.05) is 82.3 Å². The molecule has 0 saturated heterocycles. The predicted octanol–water partition coefficient (Wildman–Crippen LogP) is 16.9. The van der Waals surface area contributed by atoms with Crippen LogP contribution in [-0.4, -0.2) is 13.1 Å². The summed E-state index contributed by atoms with van der Waals surface area (Å²) in [6, 6.07) is 58.4. The molecular weight excluding hydrogens is 1200 g/mol. The molecule has 0 bridgehead atoms. The zero-order chi connectivity index (χ0) is 66.4. The van der Waals surface area contributed by atoms with Gasteiger partial charge in [0.25, 0.3) is 0 Å². The first-order valence-electron chi connectivity index (χ1n) is 33.5. The predicted molar refractivity (Wildman–Crippen MR) is 339 cm³/mol. The van der Waals surface area contributed by atoms with Gasteiger partial charge in [0.05, 0.1) is 13.7 Å². The summed E-state index contributed by atoms with van der Waals surface area (Å²) in [4.78, 5) is 10.9. The molecule has 10 aromatic carbocycles. The van der Waals surface area contributed by atoms with E-state index < -0.39 is 63.3 Å². The molecule has 0 saturated carbocycles. The van der Waals surface area contributed by atoms with Gasteiger partial charge in [-0.05, 0) is 86.1 Å². The maximum atomic E-state index is 9.35. The van der Waals surface area contributed by atoms with Crippen molar-refractivity contribution >= 4 is 68.8 Å². The van der Waals surface area contributed by atoms with Crippen LogP contribution in [0.5, 0.6) is 11.5 Å². The average Bonchev–Trinajstić information content (AvgIpc) is 1.54. The fraction of sp³-hybridized carbons (Fsp3) is 0.120. The number of aromatic nitrogens is 1. The van der Waals surface area contributed by atoms with Gasteiger partial charge < -0.3 is 19.4 Å². The van der Waals surface area contributed by atoms with Gasteiger partial charge in [-0.3, -0.25) is 0 Å². The Kier molecular flexibility index (Phi) is 9.93. The minimum atomic E-state index is -3.27. The van der Waals surface area contributed by atoms with E-state index >= 15 is 0 Å². The van der Waals surface area contributed by atoms with E-state index in [0.717, 1.165) is 71.2 Å². The zero-order valence-electron chi connectivity index (χ0n) is 58.8. The summed E-state index contributed by atoms with van der Waals surface area (Å²) in [5.74, 6) is 0.819. The molecule has 1 atom stereocenters. The van der Waals surface area contributed by atoms with Crippen LogP contribution >= 0.6 is 0 Å². The van der Waals surface area contributed by atoms with Gasteiger partial charge in [0.2, 0.25) is 0 Å². The molecule has 0 amide bonds. The third kappa shape index (κ3) is 8.74. The van der Waals surface area contributed by atoms with Gasteiger partial charge in [-0.1, -0.05) is 239 Å². The Morgan fingerprint density at radius 1 is 0.524 bits per heavy atom. The first-order chi connectivity index (χ1) is 44.7. The van der Waals surface area contributed by atoms with E-state index in [0.29, 0.717) is 34.1 Å². The van der Waals surface area contributed by atoms with Gasteiger partial charge in [-0.15, -0.1) is 53.4 Å². The Labute approximate surface area is 516 Å². The number of benzene rings is 10. The second kappa shape index (κ2) is 20.5. The summed E-state index contributed by atoms with van der Waals surface area (Å²) in [6.45, 7) is 12.2. The molecule has 0 N–H and O–H groups in total. The van der Waals surface area contributed by atoms with Crippen LogP contribution in [0.1, 0.15) is 76.1 Å². The molecule has 404 valence electrons. The molecule has 11 aromatic rings. The van der Waals surface area contributed by atoms with E-state index in [4.69, 9.17) is 24.8 Å². The molecule has 3 aliphatic heterocycles. The monoisotopic (exact) mass is 1270 g/mol. The fourth-order valence-electron chi connectivity index (χ4n) is 12.0. The second-order valence-electron chi connectivity index (χ2n) is 22.7. The van der Waals surface area contributed by atoms with Gasteiger partial charge >= 0.3 is 0 Å². The van der Waals surface area contributed by atoms with E-state index in [9.17, 15) is 2.74 Å². The van der Waals surface area contributed by atoms with Gasteiger partial charge in [0.15, 0.2) is 0 Å². The van der Waals surface area contributed by atoms with Crippen molar-refractivity contribution in [3.8, 4) is 56.0 Å². The molecular formula is C75H61N4OPtSi-3. The summed E-state index contributed by atoms with van der Waals surface area (Å²) in [5.41, 5.74) is 9.08. The Bertz CT molecular complexity index is 4910. The molecule has 0 aliphatic carbocycles. The van der Waals surface area contributed by atoms with Gasteiger partial charge in [-0.2, -0.15) is 6.07 Å². The van der Waals surface area contributed by atoms with Crippen LogP contribution < -0.4 is 40.2 Å². The zero-order valence-corrected chi connectivity index (χ0v) is 49.1. The Morgan fingerprint density at radius 3 is 1.79 bits per heavy atom. The molecule has 3 aliphatic rings. The molecule has 0 spiro atoms. The summed E-state index contributed by atoms with van der Waals surface area (Å²) >= 11 is 0. The maximum Gasteiger partial charge on any atom is 0.135 e. The first-order valence-corrected chi connectivity index (χ1v) is 29.0. The molecule has 1 aromatic heterocycles. The van der Waals surface area contributed by atoms with Gasteiger partial charge in [-0.25, -0.2) is 4.98 Å². The summed E-state index contributed by atoms with van der Waals surface area (Å²) < 4.78 is 122. The SMILES string of the molecule is [2H]c1c([2H])c([2H])c(-c2cnc(N3c4[c-]c(Oc5[c-]c(N6[CH-]N(c7c(-c8cc(C(C)(C)C)cc(C(C)(C)C)c8)cccc7-c7c([2H])c([2H])c([2H])c([2H])c7[2H])c7ccccc76)ccc5)cc5c4[Si](c4ccccc4)(c4ccccc4-5)c4ccccc43)cc2C([2H])([2H])[2H])c([2H])c1[2H].[Pt]. The number of aryl methyl sites for hydroxylation is 1. The summed E-state index contributed by atoms with van der Waals surface area (Å²) in [7, 11) is -3.27. The molecule has 4 heterocycles. The second-order valence-corrected chi connectivity index (χ2v) is 26.4. The number of ether oxygens (including phenoxy) is 1. The Morgan fingerprint density at radius 2 is 1.11 bits per heavy atom. The standard InChI is InChI=1S/C75H61N4OSi.Pt/c1-50-41-71(76-48-64(50)52-27-13-9-14-28-52)79-67-38-20-22-40-70(67)81(59-31-15-10-16-32-59)69-39-21-17-33-62(69)63-46-58(47-68(79)73(63)81)80-57-30-23-29-56(45-57)77-49-78(66-37-19-18-36-65(66)77)72-60(51-25-11-8-12-26-51)34-24-35-61(72)53-42-54(74(2,3)4)44-55(43-53)75(5,6)7;/h8-44,46,48-49H,1-7H3;/q-3;/i1D3,8D,9D,11D,12D,13D,14D,25D,26D,27D,28D;. The number of anilines is 7. The number of fused-ring (bicyclic) bond motifs is 6. The number of hydrogen-bond donors (Lipinski definition) is 0. The van der Waals surface area contributed by atoms with Crippen LogP contribution in [0.3, 0.4) is 0 Å². The van der Waals surface area contributed by atoms with Crippen LogP contribution in [0.25, 0.3) is 44.5 Å². The average molecular weight is 1270 g/mol. The van der Waals surface area contributed by atoms with E-state index in [-0.39, 0.29) is 72.1 Å². The number of nitrogens with zero attached hydrogens (tertiary/aromatic N) is 4. The number of pyridine rings is 1. The van der Waals surface area contributed by atoms with Crippen molar-refractivity contribution in [1.82, 2.24) is 4.98 Å². The van der Waals surface area contributed by atoms with Crippen molar-refractivity contribution < 1.29 is 43.6 Å². The van der Waals surface area contributed by atoms with Crippen molar-refractivity contribution in [3.05, 3.63) is 272 Å². The topological polar surface area (TPSA) is 31.8 Å². The Hall–Kier alpha value is -8.54. The van der Waals surface area contributed by atoms with Crippen LogP contribution in [0.15, 0.2) is 236 Å². The van der Waals surface area contributed by atoms with E-state index in [1.807, 2.05) is 131 Å². The molecule has 5 nitrogen and oxygen atoms in total. The van der Waals surface area contributed by atoms with Gasteiger partial charge in [0.1, 0.15) is 13.9 Å². The number of para-hydroxylation sites is 4. The normalized spacial score (nSPS) is 17.2. The molecule has 82 heavy (non-hydrogen) atoms. The maximum absolute atomic E-state index is 9.35. The third-order valence-electron chi connectivity index (χ3n) is 15.8. The smallest absolute Gasteiger partial charge is 0.135 e. The number of rotatable bonds is 9. The number of hydrogen-bond acceptors (Lipinski definition) is 5. The van der Waals surface area contributed by atoms with Crippen molar-refractivity contribution in [2.75, 3.05) is 14.7 Å².